The number of Topliss-reactive ketones (excluding diaryl/α,β-unsaturated/α-hetero) is 1. The van der Waals surface area contributed by atoms with Crippen LogP contribution in [0.25, 0.3) is 0 Å². The van der Waals surface area contributed by atoms with Crippen LogP contribution in [-0.2, 0) is 16.4 Å². The van der Waals surface area contributed by atoms with Gasteiger partial charge in [0.15, 0.2) is 17.2 Å². The van der Waals surface area contributed by atoms with Crippen LogP contribution in [0.3, 0.4) is 0 Å². The third kappa shape index (κ3) is 3.25. The number of hydrogen-bond acceptors (Lipinski definition) is 6. The summed E-state index contributed by atoms with van der Waals surface area (Å²) in [7, 11) is -3.10. The molecule has 0 unspecified atom stereocenters. The lowest BCUT2D eigenvalue weighted by Gasteiger charge is -2.40. The predicted octanol–water partition coefficient (Wildman–Crippen LogP) is 1.36. The van der Waals surface area contributed by atoms with Crippen LogP contribution < -0.4 is 15.6 Å². The van der Waals surface area contributed by atoms with E-state index in [2.05, 4.69) is 5.43 Å². The Morgan fingerprint density at radius 3 is 2.48 bits per heavy atom. The topological polar surface area (TPSA) is 94.5 Å². The number of ether oxygens (including phenoxy) is 1. The molecule has 0 amide bonds. The van der Waals surface area contributed by atoms with Crippen molar-refractivity contribution < 1.29 is 17.9 Å². The van der Waals surface area contributed by atoms with Crippen LogP contribution in [0.5, 0.6) is 5.75 Å². The summed E-state index contributed by atoms with van der Waals surface area (Å²) in [4.78, 5) is 25.7. The minimum absolute atomic E-state index is 0.00589. The van der Waals surface area contributed by atoms with E-state index in [4.69, 9.17) is 4.74 Å². The van der Waals surface area contributed by atoms with Crippen LogP contribution in [0.15, 0.2) is 47.4 Å². The number of nitrogens with zero attached hydrogens (tertiary/aromatic N) is 1. The van der Waals surface area contributed by atoms with Gasteiger partial charge in [-0.15, -0.1) is 0 Å². The average molecular weight is 388 g/mol. The third-order valence-electron chi connectivity index (χ3n) is 5.35. The van der Waals surface area contributed by atoms with Crippen molar-refractivity contribution in [1.29, 1.82) is 0 Å². The van der Waals surface area contributed by atoms with Crippen molar-refractivity contribution in [3.8, 4) is 5.75 Å². The Hall–Kier alpha value is -2.61. The molecule has 27 heavy (non-hydrogen) atoms. The summed E-state index contributed by atoms with van der Waals surface area (Å²) < 4.78 is 30.9. The van der Waals surface area contributed by atoms with Crippen LogP contribution in [0.1, 0.15) is 28.9 Å². The number of fused-ring (bicyclic) bond motifs is 1. The Balaban J connectivity index is 1.68. The fourth-order valence-electron chi connectivity index (χ4n) is 3.63. The van der Waals surface area contributed by atoms with Gasteiger partial charge >= 0.3 is 0 Å². The van der Waals surface area contributed by atoms with Gasteiger partial charge in [0.05, 0.1) is 16.9 Å². The maximum absolute atomic E-state index is 13.3. The molecule has 0 aliphatic carbocycles. The summed E-state index contributed by atoms with van der Waals surface area (Å²) in [5, 5.41) is 0. The minimum Gasteiger partial charge on any atom is -0.483 e. The fourth-order valence-corrected chi connectivity index (χ4v) is 5.24. The summed E-state index contributed by atoms with van der Waals surface area (Å²) in [5.41, 5.74) is 3.00. The number of hydrogen-bond donors (Lipinski definition) is 1. The molecule has 1 aromatic carbocycles. The van der Waals surface area contributed by atoms with Crippen molar-refractivity contribution in [3.63, 3.8) is 0 Å². The number of pyridine rings is 1. The Bertz CT molecular complexity index is 1030. The van der Waals surface area contributed by atoms with Gasteiger partial charge < -0.3 is 10.2 Å². The molecule has 4 rings (SSSR count). The first-order chi connectivity index (χ1) is 12.9. The number of sulfone groups is 1. The summed E-state index contributed by atoms with van der Waals surface area (Å²) >= 11 is 0. The molecule has 1 fully saturated rings. The molecule has 0 atom stereocenters. The molecule has 1 spiro atoms. The van der Waals surface area contributed by atoms with Crippen LogP contribution >= 0.6 is 0 Å². The number of rotatable bonds is 3. The number of aromatic nitrogens is 1. The number of ketones is 1. The lowest BCUT2D eigenvalue weighted by molar-refractivity contribution is 0.0746. The second kappa shape index (κ2) is 6.53. The summed E-state index contributed by atoms with van der Waals surface area (Å²) in [5.74, 6) is -0.252. The van der Waals surface area contributed by atoms with Gasteiger partial charge in [-0.25, -0.2) is 8.42 Å². The van der Waals surface area contributed by atoms with Crippen LogP contribution in [0.4, 0.5) is 0 Å². The first kappa shape index (κ1) is 17.8. The van der Waals surface area contributed by atoms with E-state index in [1.807, 2.05) is 30.3 Å². The molecular weight excluding hydrogens is 368 g/mol. The van der Waals surface area contributed by atoms with Gasteiger partial charge in [-0.1, -0.05) is 30.3 Å². The Labute approximate surface area is 156 Å². The van der Waals surface area contributed by atoms with E-state index < -0.39 is 15.3 Å². The predicted molar refractivity (Wildman–Crippen MR) is 100 cm³/mol. The van der Waals surface area contributed by atoms with Gasteiger partial charge in [-0.05, 0) is 18.4 Å². The zero-order valence-corrected chi connectivity index (χ0v) is 15.5. The smallest absolute Gasteiger partial charge is 0.224 e. The highest BCUT2D eigenvalue weighted by Crippen LogP contribution is 2.39. The highest BCUT2D eigenvalue weighted by atomic mass is 32.2. The average Bonchev–Trinajstić information content (AvgIpc) is 2.67. The van der Waals surface area contributed by atoms with Gasteiger partial charge in [0, 0.05) is 18.8 Å². The van der Waals surface area contributed by atoms with Crippen LogP contribution in [0, 0.1) is 5.41 Å². The Morgan fingerprint density at radius 2 is 1.78 bits per heavy atom. The number of benzene rings is 1. The lowest BCUT2D eigenvalue weighted by Crippen LogP contribution is -2.51. The van der Waals surface area contributed by atoms with Crippen molar-refractivity contribution in [3.05, 3.63) is 64.1 Å². The van der Waals surface area contributed by atoms with Gasteiger partial charge in [0.2, 0.25) is 5.43 Å². The number of carbonyl (C=O) groups is 1. The van der Waals surface area contributed by atoms with Crippen LogP contribution in [0.2, 0.25) is 0 Å². The zero-order chi connectivity index (χ0) is 19.1. The largest absolute Gasteiger partial charge is 0.483 e. The molecule has 8 heteroatoms. The summed E-state index contributed by atoms with van der Waals surface area (Å²) in [6, 6.07) is 10.7. The van der Waals surface area contributed by atoms with Crippen molar-refractivity contribution in [2.75, 3.05) is 23.5 Å². The van der Waals surface area contributed by atoms with Crippen molar-refractivity contribution in [1.82, 2.24) is 4.68 Å². The first-order valence-corrected chi connectivity index (χ1v) is 10.6. The lowest BCUT2D eigenvalue weighted by atomic mass is 9.75. The first-order valence-electron chi connectivity index (χ1n) is 8.82. The van der Waals surface area contributed by atoms with Crippen molar-refractivity contribution in [2.45, 2.75) is 19.4 Å². The molecule has 7 nitrogen and oxygen atoms in total. The van der Waals surface area contributed by atoms with E-state index in [1.165, 1.54) is 16.9 Å². The van der Waals surface area contributed by atoms with Crippen molar-refractivity contribution in [2.24, 2.45) is 5.41 Å². The maximum Gasteiger partial charge on any atom is 0.224 e. The second-order valence-electron chi connectivity index (χ2n) is 7.10. The van der Waals surface area contributed by atoms with E-state index in [0.717, 1.165) is 5.56 Å². The molecule has 2 aliphatic rings. The fraction of sp³-hybridized carbons (Fsp3) is 0.368. The molecule has 0 radical (unpaired) electrons. The third-order valence-corrected chi connectivity index (χ3v) is 7.00. The summed E-state index contributed by atoms with van der Waals surface area (Å²) in [6.07, 6.45) is 2.02. The molecule has 2 aliphatic heterocycles. The number of nitrogens with one attached hydrogen (secondary N) is 1. The highest BCUT2D eigenvalue weighted by molar-refractivity contribution is 7.91. The second-order valence-corrected chi connectivity index (χ2v) is 9.40. The monoisotopic (exact) mass is 388 g/mol. The Morgan fingerprint density at radius 1 is 1.07 bits per heavy atom. The van der Waals surface area contributed by atoms with Gasteiger partial charge in [-0.2, -0.15) is 0 Å². The highest BCUT2D eigenvalue weighted by Gasteiger charge is 2.48. The van der Waals surface area contributed by atoms with E-state index in [-0.39, 0.29) is 53.6 Å². The van der Waals surface area contributed by atoms with E-state index >= 15 is 0 Å². The van der Waals surface area contributed by atoms with Gasteiger partial charge in [-0.3, -0.25) is 14.3 Å². The summed E-state index contributed by atoms with van der Waals surface area (Å²) in [6.45, 7) is 0.511. The zero-order valence-electron chi connectivity index (χ0n) is 14.7. The molecule has 0 bridgehead atoms. The normalized spacial score (nSPS) is 19.9. The molecular formula is C19H20N2O5S. The molecule has 0 saturated carbocycles. The quantitative estimate of drug-likeness (QED) is 0.853. The standard InChI is InChI=1S/C19H20N2O5S/c22-15-6-9-21-16(17(15)26-12-14-4-2-1-3-5-14)18(23)19(13-20-21)7-10-27(24,25)11-8-19/h1-6,9,20H,7-8,10-13H2. The maximum atomic E-state index is 13.3. The minimum atomic E-state index is -3.10. The molecule has 1 saturated heterocycles. The molecule has 3 heterocycles. The molecule has 1 N–H and O–H groups in total. The van der Waals surface area contributed by atoms with Crippen molar-refractivity contribution >= 4 is 15.6 Å². The van der Waals surface area contributed by atoms with Gasteiger partial charge in [0.1, 0.15) is 16.4 Å². The van der Waals surface area contributed by atoms with E-state index in [9.17, 15) is 18.0 Å². The molecule has 1 aromatic heterocycles. The molecule has 2 aromatic rings. The van der Waals surface area contributed by atoms with Gasteiger partial charge in [0.25, 0.3) is 0 Å². The van der Waals surface area contributed by atoms with E-state index in [0.29, 0.717) is 6.54 Å². The number of carbonyl (C=O) groups excluding carboxylic acids is 1. The SMILES string of the molecule is O=C1c2c(OCc3ccccc3)c(=O)ccn2NCC12CCS(=O)(=O)CC2. The molecule has 142 valence electrons. The van der Waals surface area contributed by atoms with Crippen LogP contribution in [-0.4, -0.2) is 36.9 Å². The Kier molecular flexibility index (Phi) is 4.30. The van der Waals surface area contributed by atoms with E-state index in [1.54, 1.807) is 0 Å².